The number of esters is 1. The Hall–Kier alpha value is -2.17. The van der Waals surface area contributed by atoms with Crippen LogP contribution in [-0.2, 0) is 9.59 Å². The number of hydrogen-bond acceptors (Lipinski definition) is 4. The molecule has 5 heteroatoms. The molecule has 0 bridgehead atoms. The number of hydrogen-bond donors (Lipinski definition) is 1. The molecule has 0 saturated carbocycles. The van der Waals surface area contributed by atoms with E-state index in [0.717, 1.165) is 0 Å². The highest BCUT2D eigenvalue weighted by Crippen LogP contribution is 2.27. The van der Waals surface area contributed by atoms with Crippen molar-refractivity contribution in [2.45, 2.75) is 0 Å². The highest BCUT2D eigenvalue weighted by molar-refractivity contribution is 6.24. The fourth-order valence-electron chi connectivity index (χ4n) is 1.43. The molecule has 1 aliphatic rings. The van der Waals surface area contributed by atoms with Crippen molar-refractivity contribution in [1.29, 1.82) is 0 Å². The SMILES string of the molecule is NC(=O)[C@@H]1C(=O)Oc2ccccc2C1=O. The lowest BCUT2D eigenvalue weighted by Gasteiger charge is -2.19. The summed E-state index contributed by atoms with van der Waals surface area (Å²) in [5.74, 6) is -3.84. The van der Waals surface area contributed by atoms with Crippen molar-refractivity contribution in [2.24, 2.45) is 11.7 Å². The topological polar surface area (TPSA) is 86.5 Å². The van der Waals surface area contributed by atoms with E-state index >= 15 is 0 Å². The number of carbonyl (C=O) groups is 3. The highest BCUT2D eigenvalue weighted by atomic mass is 16.5. The first-order valence-electron chi connectivity index (χ1n) is 4.25. The molecular formula is C10H7NO4. The van der Waals surface area contributed by atoms with E-state index in [9.17, 15) is 14.4 Å². The summed E-state index contributed by atoms with van der Waals surface area (Å²) in [7, 11) is 0. The molecule has 76 valence electrons. The van der Waals surface area contributed by atoms with Crippen molar-refractivity contribution in [2.75, 3.05) is 0 Å². The van der Waals surface area contributed by atoms with Gasteiger partial charge in [0, 0.05) is 0 Å². The second kappa shape index (κ2) is 3.20. The quantitative estimate of drug-likeness (QED) is 0.393. The maximum Gasteiger partial charge on any atom is 0.331 e. The number of rotatable bonds is 1. The standard InChI is InChI=1S/C10H7NO4/c11-9(13)7-8(12)5-3-1-2-4-6(5)15-10(7)14/h1-4,7H,(H2,11,13)/t7-/m1/s1. The molecule has 1 atom stereocenters. The molecule has 1 aromatic carbocycles. The van der Waals surface area contributed by atoms with Crippen molar-refractivity contribution >= 4 is 17.7 Å². The number of fused-ring (bicyclic) bond motifs is 1. The summed E-state index contributed by atoms with van der Waals surface area (Å²) in [6.45, 7) is 0. The number of ether oxygens (including phenoxy) is 1. The Labute approximate surface area is 84.8 Å². The Balaban J connectivity index is 2.52. The first-order valence-corrected chi connectivity index (χ1v) is 4.25. The van der Waals surface area contributed by atoms with Crippen molar-refractivity contribution in [1.82, 2.24) is 0 Å². The van der Waals surface area contributed by atoms with E-state index < -0.39 is 23.6 Å². The van der Waals surface area contributed by atoms with Crippen LogP contribution in [-0.4, -0.2) is 17.7 Å². The van der Waals surface area contributed by atoms with Gasteiger partial charge in [0.05, 0.1) is 5.56 Å². The predicted molar refractivity (Wildman–Crippen MR) is 49.1 cm³/mol. The van der Waals surface area contributed by atoms with Crippen LogP contribution in [0.15, 0.2) is 24.3 Å². The second-order valence-corrected chi connectivity index (χ2v) is 3.12. The van der Waals surface area contributed by atoms with Crippen molar-refractivity contribution < 1.29 is 19.1 Å². The molecule has 1 heterocycles. The monoisotopic (exact) mass is 205 g/mol. The molecule has 0 fully saturated rings. The number of nitrogens with two attached hydrogens (primary N) is 1. The van der Waals surface area contributed by atoms with E-state index in [-0.39, 0.29) is 11.3 Å². The number of Topliss-reactive ketones (excluding diaryl/α,β-unsaturated/α-hetero) is 1. The molecule has 1 amide bonds. The summed E-state index contributed by atoms with van der Waals surface area (Å²) in [6.07, 6.45) is 0. The number of ketones is 1. The summed E-state index contributed by atoms with van der Waals surface area (Å²) in [4.78, 5) is 33.8. The maximum atomic E-state index is 11.7. The van der Waals surface area contributed by atoms with Crippen LogP contribution in [0.25, 0.3) is 0 Å². The molecule has 0 aromatic heterocycles. The third-order valence-electron chi connectivity index (χ3n) is 2.15. The molecule has 1 aliphatic heterocycles. The van der Waals surface area contributed by atoms with E-state index in [2.05, 4.69) is 0 Å². The minimum atomic E-state index is -1.51. The zero-order valence-corrected chi connectivity index (χ0v) is 7.60. The van der Waals surface area contributed by atoms with Gasteiger partial charge in [-0.3, -0.25) is 14.4 Å². The van der Waals surface area contributed by atoms with Crippen LogP contribution in [0.3, 0.4) is 0 Å². The number of primary amides is 1. The molecule has 5 nitrogen and oxygen atoms in total. The van der Waals surface area contributed by atoms with Crippen molar-refractivity contribution in [3.8, 4) is 5.75 Å². The Morgan fingerprint density at radius 1 is 1.27 bits per heavy atom. The Morgan fingerprint density at radius 3 is 2.60 bits per heavy atom. The van der Waals surface area contributed by atoms with Gasteiger partial charge in [0.2, 0.25) is 5.91 Å². The molecule has 0 saturated heterocycles. The number of amides is 1. The van der Waals surface area contributed by atoms with Gasteiger partial charge in [0.1, 0.15) is 5.75 Å². The van der Waals surface area contributed by atoms with Gasteiger partial charge in [-0.15, -0.1) is 0 Å². The highest BCUT2D eigenvalue weighted by Gasteiger charge is 2.40. The summed E-state index contributed by atoms with van der Waals surface area (Å²) < 4.78 is 4.82. The van der Waals surface area contributed by atoms with Gasteiger partial charge in [-0.2, -0.15) is 0 Å². The third-order valence-corrected chi connectivity index (χ3v) is 2.15. The van der Waals surface area contributed by atoms with Gasteiger partial charge in [-0.25, -0.2) is 0 Å². The van der Waals surface area contributed by atoms with Crippen LogP contribution in [0, 0.1) is 5.92 Å². The van der Waals surface area contributed by atoms with Crippen LogP contribution < -0.4 is 10.5 Å². The maximum absolute atomic E-state index is 11.7. The summed E-state index contributed by atoms with van der Waals surface area (Å²) in [5.41, 5.74) is 5.15. The summed E-state index contributed by atoms with van der Waals surface area (Å²) >= 11 is 0. The molecule has 0 spiro atoms. The molecule has 0 unspecified atom stereocenters. The lowest BCUT2D eigenvalue weighted by molar-refractivity contribution is -0.142. The minimum Gasteiger partial charge on any atom is -0.425 e. The van der Waals surface area contributed by atoms with Crippen LogP contribution in [0.2, 0.25) is 0 Å². The average Bonchev–Trinajstić information content (AvgIpc) is 2.17. The number of para-hydroxylation sites is 1. The minimum absolute atomic E-state index is 0.171. The molecule has 0 aliphatic carbocycles. The lowest BCUT2D eigenvalue weighted by atomic mass is 9.94. The van der Waals surface area contributed by atoms with E-state index in [1.54, 1.807) is 12.1 Å². The van der Waals surface area contributed by atoms with Gasteiger partial charge in [-0.05, 0) is 12.1 Å². The normalized spacial score (nSPS) is 19.3. The van der Waals surface area contributed by atoms with Gasteiger partial charge in [0.15, 0.2) is 11.7 Å². The summed E-state index contributed by atoms with van der Waals surface area (Å²) in [5, 5.41) is 0. The van der Waals surface area contributed by atoms with Crippen LogP contribution in [0.1, 0.15) is 10.4 Å². The molecule has 2 rings (SSSR count). The molecule has 2 N–H and O–H groups in total. The Morgan fingerprint density at radius 2 is 1.93 bits per heavy atom. The first-order chi connectivity index (χ1) is 7.11. The largest absolute Gasteiger partial charge is 0.425 e. The molecule has 15 heavy (non-hydrogen) atoms. The van der Waals surface area contributed by atoms with Gasteiger partial charge in [-0.1, -0.05) is 12.1 Å². The lowest BCUT2D eigenvalue weighted by Crippen LogP contribution is -2.42. The van der Waals surface area contributed by atoms with Crippen LogP contribution in [0.5, 0.6) is 5.75 Å². The van der Waals surface area contributed by atoms with Crippen molar-refractivity contribution in [3.63, 3.8) is 0 Å². The van der Waals surface area contributed by atoms with E-state index in [1.165, 1.54) is 12.1 Å². The fraction of sp³-hybridized carbons (Fsp3) is 0.100. The fourth-order valence-corrected chi connectivity index (χ4v) is 1.43. The van der Waals surface area contributed by atoms with Gasteiger partial charge >= 0.3 is 5.97 Å². The van der Waals surface area contributed by atoms with E-state index in [0.29, 0.717) is 0 Å². The van der Waals surface area contributed by atoms with Crippen molar-refractivity contribution in [3.05, 3.63) is 29.8 Å². The van der Waals surface area contributed by atoms with Gasteiger partial charge < -0.3 is 10.5 Å². The Bertz CT molecular complexity index is 466. The predicted octanol–water partition coefficient (Wildman–Crippen LogP) is -0.110. The number of carbonyl (C=O) groups excluding carboxylic acids is 3. The zero-order valence-electron chi connectivity index (χ0n) is 7.60. The Kier molecular flexibility index (Phi) is 2.00. The molecule has 0 radical (unpaired) electrons. The van der Waals surface area contributed by atoms with Gasteiger partial charge in [0.25, 0.3) is 0 Å². The second-order valence-electron chi connectivity index (χ2n) is 3.12. The van der Waals surface area contributed by atoms with Crippen LogP contribution in [0.4, 0.5) is 0 Å². The number of benzene rings is 1. The zero-order chi connectivity index (χ0) is 11.0. The summed E-state index contributed by atoms with van der Waals surface area (Å²) in [6, 6.07) is 6.22. The van der Waals surface area contributed by atoms with E-state index in [1.807, 2.05) is 0 Å². The smallest absolute Gasteiger partial charge is 0.331 e. The average molecular weight is 205 g/mol. The molecule has 1 aromatic rings. The first kappa shape index (κ1) is 9.39. The van der Waals surface area contributed by atoms with E-state index in [4.69, 9.17) is 10.5 Å². The third kappa shape index (κ3) is 1.38. The molecular weight excluding hydrogens is 198 g/mol. The van der Waals surface area contributed by atoms with Crippen LogP contribution >= 0.6 is 0 Å².